The van der Waals surface area contributed by atoms with Gasteiger partial charge in [0.15, 0.2) is 0 Å². The molecule has 0 saturated carbocycles. The number of unbranched alkanes of at least 4 members (excludes halogenated alkanes) is 1. The number of benzene rings is 1. The van der Waals surface area contributed by atoms with Gasteiger partial charge in [-0.05, 0) is 0 Å². The Hall–Kier alpha value is -0.466. The van der Waals surface area contributed by atoms with Crippen molar-refractivity contribution < 1.29 is 22.5 Å². The van der Waals surface area contributed by atoms with E-state index in [0.717, 1.165) is 30.3 Å². The molecule has 0 aromatic heterocycles. The molecule has 0 radical (unpaired) electrons. The Kier molecular flexibility index (Phi) is 9.54. The quantitative estimate of drug-likeness (QED) is 0.287. The Labute approximate surface area is 235 Å². The first kappa shape index (κ1) is 33.7. The Morgan fingerprint density at radius 2 is 1.16 bits per heavy atom. The molecule has 2 nitrogen and oxygen atoms in total. The summed E-state index contributed by atoms with van der Waals surface area (Å²) in [4.78, 5) is 0. The van der Waals surface area contributed by atoms with Crippen LogP contribution in [0.5, 0.6) is 0 Å². The predicted octanol–water partition coefficient (Wildman–Crippen LogP) is 10.7. The zero-order chi connectivity index (χ0) is 29.8. The van der Waals surface area contributed by atoms with E-state index in [1.54, 1.807) is 12.1 Å². The predicted molar refractivity (Wildman–Crippen MR) is 159 cm³/mol. The molecule has 0 unspecified atom stereocenters. The molecule has 1 aromatic carbocycles. The van der Waals surface area contributed by atoms with E-state index in [4.69, 9.17) is 9.31 Å². The van der Waals surface area contributed by atoms with Crippen molar-refractivity contribution in [2.45, 2.75) is 144 Å². The molecule has 1 fully saturated rings. The topological polar surface area (TPSA) is 18.5 Å². The summed E-state index contributed by atoms with van der Waals surface area (Å²) < 4.78 is 55.4. The summed E-state index contributed by atoms with van der Waals surface area (Å²) in [6.45, 7) is 31.6. The maximum atomic E-state index is 13.6. The Balaban J connectivity index is 3.16. The molecule has 2 rings (SSSR count). The third-order valence-electron chi connectivity index (χ3n) is 8.91. The third kappa shape index (κ3) is 6.07. The molecule has 0 bridgehead atoms. The normalized spacial score (nSPS) is 19.6. The number of halogens is 3. The van der Waals surface area contributed by atoms with Gasteiger partial charge in [0, 0.05) is 0 Å². The second kappa shape index (κ2) is 10.7. The zero-order valence-electron chi connectivity index (χ0n) is 26.5. The molecule has 1 saturated heterocycles. The van der Waals surface area contributed by atoms with Gasteiger partial charge in [-0.2, -0.15) is 0 Å². The van der Waals surface area contributed by atoms with Crippen LogP contribution in [-0.4, -0.2) is 36.7 Å². The van der Waals surface area contributed by atoms with Crippen molar-refractivity contribution in [1.82, 2.24) is 0 Å². The zero-order valence-corrected chi connectivity index (χ0v) is 29.3. The minimum atomic E-state index is -4.38. The van der Waals surface area contributed by atoms with Crippen LogP contribution in [0.25, 0.3) is 3.59 Å². The average Bonchev–Trinajstić information content (AvgIpc) is 2.90. The summed E-state index contributed by atoms with van der Waals surface area (Å²) in [5, 5.41) is 0. The van der Waals surface area contributed by atoms with Crippen molar-refractivity contribution in [2.75, 3.05) is 0 Å². The molecule has 1 heterocycles. The first-order valence-electron chi connectivity index (χ1n) is 14.1. The summed E-state index contributed by atoms with van der Waals surface area (Å²) in [6, 6.07) is 5.93. The van der Waals surface area contributed by atoms with Crippen LogP contribution in [0.15, 0.2) is 29.7 Å². The molecule has 1 aliphatic rings. The average molecular weight is 643 g/mol. The SMILES string of the molecule is CCCC/C(B1OC(C)(C)C(C)(C)O1)=[C](\c1ccc(C(F)(F)F)cc1)[Sn]([C](C)(C)C)([C](C)(C)C)[C](C)(C)C. The summed E-state index contributed by atoms with van der Waals surface area (Å²) in [5.74, 6) is 0. The molecule has 216 valence electrons. The first-order valence-corrected chi connectivity index (χ1v) is 19.8. The van der Waals surface area contributed by atoms with Crippen molar-refractivity contribution >= 4 is 29.1 Å². The van der Waals surface area contributed by atoms with Gasteiger partial charge in [-0.25, -0.2) is 0 Å². The van der Waals surface area contributed by atoms with Gasteiger partial charge in [0.1, 0.15) is 0 Å². The van der Waals surface area contributed by atoms with E-state index in [9.17, 15) is 13.2 Å². The summed E-state index contributed by atoms with van der Waals surface area (Å²) in [6.07, 6.45) is -1.61. The van der Waals surface area contributed by atoms with E-state index < -0.39 is 48.4 Å². The van der Waals surface area contributed by atoms with E-state index in [2.05, 4.69) is 96.9 Å². The van der Waals surface area contributed by atoms with Crippen LogP contribution < -0.4 is 0 Å². The van der Waals surface area contributed by atoms with Crippen molar-refractivity contribution in [3.05, 3.63) is 40.9 Å². The third-order valence-corrected chi connectivity index (χ3v) is 32.1. The van der Waals surface area contributed by atoms with Crippen molar-refractivity contribution in [1.29, 1.82) is 0 Å². The van der Waals surface area contributed by atoms with E-state index >= 15 is 0 Å². The van der Waals surface area contributed by atoms with Crippen LogP contribution in [0.2, 0.25) is 10.3 Å². The standard InChI is InChI=1S/C19H25BF3O2.3C4H9.Sn/c1-6-7-8-16(20-24-17(2,3)18(4,5)25-20)13-14-9-11-15(12-10-14)19(21,22)23;3*1-4(2)3;/h9-12H,6-8H2,1-5H3;3*1-3H3;. The van der Waals surface area contributed by atoms with E-state index in [1.807, 2.05) is 0 Å². The van der Waals surface area contributed by atoms with Crippen molar-refractivity contribution in [2.24, 2.45) is 0 Å². The number of hydrogen-bond donors (Lipinski definition) is 0. The minimum absolute atomic E-state index is 0.0513. The molecular formula is C31H52BF3O2Sn. The van der Waals surface area contributed by atoms with Crippen molar-refractivity contribution in [3.8, 4) is 0 Å². The molecule has 0 spiro atoms. The fourth-order valence-corrected chi connectivity index (χ4v) is 37.1. The fourth-order valence-electron chi connectivity index (χ4n) is 7.68. The van der Waals surface area contributed by atoms with Crippen LogP contribution >= 0.6 is 0 Å². The van der Waals surface area contributed by atoms with Gasteiger partial charge in [-0.1, -0.05) is 0 Å². The van der Waals surface area contributed by atoms with E-state index in [1.165, 1.54) is 15.7 Å². The molecular weight excluding hydrogens is 591 g/mol. The number of alkyl halides is 3. The molecule has 0 amide bonds. The van der Waals surface area contributed by atoms with E-state index in [0.29, 0.717) is 0 Å². The van der Waals surface area contributed by atoms with Crippen LogP contribution in [0.4, 0.5) is 13.2 Å². The number of hydrogen-bond acceptors (Lipinski definition) is 2. The Morgan fingerprint density at radius 3 is 1.47 bits per heavy atom. The van der Waals surface area contributed by atoms with Crippen LogP contribution in [-0.2, 0) is 15.5 Å². The summed E-state index contributed by atoms with van der Waals surface area (Å²) in [5.41, 5.74) is 0.401. The maximum absolute atomic E-state index is 13.6. The monoisotopic (exact) mass is 644 g/mol. The van der Waals surface area contributed by atoms with Gasteiger partial charge in [0.25, 0.3) is 0 Å². The van der Waals surface area contributed by atoms with Crippen molar-refractivity contribution in [3.63, 3.8) is 0 Å². The van der Waals surface area contributed by atoms with E-state index in [-0.39, 0.29) is 10.3 Å². The molecule has 7 heteroatoms. The fraction of sp³-hybridized carbons (Fsp3) is 0.742. The van der Waals surface area contributed by atoms with Crippen LogP contribution in [0.3, 0.4) is 0 Å². The molecule has 0 N–H and O–H groups in total. The summed E-state index contributed by atoms with van der Waals surface area (Å²) >= 11 is -3.79. The molecule has 0 aliphatic carbocycles. The van der Waals surface area contributed by atoms with Crippen LogP contribution in [0.1, 0.15) is 127 Å². The van der Waals surface area contributed by atoms with Gasteiger partial charge >= 0.3 is 236 Å². The molecule has 1 aromatic rings. The van der Waals surface area contributed by atoms with Gasteiger partial charge < -0.3 is 0 Å². The second-order valence-corrected chi connectivity index (χ2v) is 33.7. The van der Waals surface area contributed by atoms with Gasteiger partial charge in [-0.15, -0.1) is 0 Å². The number of rotatable bonds is 6. The Morgan fingerprint density at radius 1 is 0.763 bits per heavy atom. The first-order chi connectivity index (χ1) is 16.8. The van der Waals surface area contributed by atoms with Gasteiger partial charge in [0.05, 0.1) is 0 Å². The molecule has 38 heavy (non-hydrogen) atoms. The summed E-state index contributed by atoms with van der Waals surface area (Å²) in [7, 11) is -0.535. The van der Waals surface area contributed by atoms with Gasteiger partial charge in [0.2, 0.25) is 0 Å². The molecule has 0 atom stereocenters. The number of allylic oxidation sites excluding steroid dienone is 1. The van der Waals surface area contributed by atoms with Gasteiger partial charge in [-0.3, -0.25) is 0 Å². The molecule has 1 aliphatic heterocycles. The van der Waals surface area contributed by atoms with Crippen LogP contribution in [0, 0.1) is 0 Å². The Bertz CT molecular complexity index is 952. The second-order valence-electron chi connectivity index (χ2n) is 15.2.